The van der Waals surface area contributed by atoms with Crippen LogP contribution in [0, 0.1) is 0 Å². The number of nitrogens with zero attached hydrogens (tertiary/aromatic N) is 5. The predicted octanol–water partition coefficient (Wildman–Crippen LogP) is 5.13. The molecule has 12 nitrogen and oxygen atoms in total. The van der Waals surface area contributed by atoms with Crippen LogP contribution in [0.3, 0.4) is 0 Å². The Hall–Kier alpha value is -4.52. The number of benzene rings is 2. The second-order valence-corrected chi connectivity index (χ2v) is 14.0. The highest BCUT2D eigenvalue weighted by Gasteiger charge is 2.22. The summed E-state index contributed by atoms with van der Waals surface area (Å²) in [4.78, 5) is 36.0. The third-order valence-electron chi connectivity index (χ3n) is 10.5. The maximum absolute atomic E-state index is 13.1. The van der Waals surface area contributed by atoms with E-state index in [1.807, 2.05) is 23.0 Å². The number of piperazine rings is 1. The number of hydrogen-bond acceptors (Lipinski definition) is 9. The van der Waals surface area contributed by atoms with E-state index in [0.717, 1.165) is 129 Å². The Bertz CT molecular complexity index is 1850. The fourth-order valence-electron chi connectivity index (χ4n) is 7.34. The quantitative estimate of drug-likeness (QED) is 0.144. The highest BCUT2D eigenvalue weighted by Crippen LogP contribution is 2.33. The molecule has 3 N–H and O–H groups in total. The van der Waals surface area contributed by atoms with Crippen LogP contribution in [0.2, 0.25) is 0 Å². The molecule has 2 aromatic heterocycles. The lowest BCUT2D eigenvalue weighted by Crippen LogP contribution is -2.45. The fourth-order valence-corrected chi connectivity index (χ4v) is 7.34. The molecule has 284 valence electrons. The van der Waals surface area contributed by atoms with Crippen molar-refractivity contribution in [2.45, 2.75) is 85.1 Å². The van der Waals surface area contributed by atoms with Crippen molar-refractivity contribution < 1.29 is 19.1 Å². The van der Waals surface area contributed by atoms with E-state index in [0.29, 0.717) is 13.1 Å². The van der Waals surface area contributed by atoms with E-state index in [4.69, 9.17) is 14.5 Å². The van der Waals surface area contributed by atoms with Gasteiger partial charge in [0.15, 0.2) is 5.65 Å². The maximum Gasteiger partial charge on any atom is 0.220 e. The number of rotatable bonds is 16. The first-order chi connectivity index (χ1) is 25.9. The molecule has 0 aliphatic carbocycles. The van der Waals surface area contributed by atoms with Crippen LogP contribution >= 0.6 is 0 Å². The van der Waals surface area contributed by atoms with Crippen molar-refractivity contribution >= 4 is 28.5 Å². The zero-order valence-electron chi connectivity index (χ0n) is 31.9. The monoisotopic (exact) mass is 724 g/mol. The van der Waals surface area contributed by atoms with E-state index < -0.39 is 0 Å². The highest BCUT2D eigenvalue weighted by molar-refractivity contribution is 5.92. The van der Waals surface area contributed by atoms with Gasteiger partial charge in [0.25, 0.3) is 0 Å². The third-order valence-corrected chi connectivity index (χ3v) is 10.5. The van der Waals surface area contributed by atoms with Crippen LogP contribution in [0.15, 0.2) is 48.7 Å². The topological polar surface area (TPSA) is 126 Å². The van der Waals surface area contributed by atoms with E-state index >= 15 is 0 Å². The standard InChI is InChI=1S/C41H56N8O4/c1-5-36-34(40(45-32-15-21-53-22-16-32)35-27-44-49(7-3)41(35)46-36)26-43-39(51)14-13-38(50)42-25-29-11-12-37(52-4)33(24-29)31-10-8-9-30(23-31)28-48-19-17-47(6-2)18-20-48/h8-12,23-24,27,32H,5-7,13-22,25-26,28H2,1-4H3,(H,42,50)(H,43,51)(H,45,46). The normalized spacial score (nSPS) is 15.8. The smallest absolute Gasteiger partial charge is 0.220 e. The molecular formula is C41H56N8O4. The molecule has 2 saturated heterocycles. The van der Waals surface area contributed by atoms with Crippen molar-refractivity contribution in [2.24, 2.45) is 0 Å². The van der Waals surface area contributed by atoms with Crippen LogP contribution in [-0.4, -0.2) is 95.5 Å². The number of pyridine rings is 1. The average Bonchev–Trinajstić information content (AvgIpc) is 3.62. The number of fused-ring (bicyclic) bond motifs is 1. The summed E-state index contributed by atoms with van der Waals surface area (Å²) in [6.45, 7) is 15.6. The van der Waals surface area contributed by atoms with E-state index in [-0.39, 0.29) is 30.7 Å². The predicted molar refractivity (Wildman–Crippen MR) is 209 cm³/mol. The Balaban J connectivity index is 1.04. The number of carbonyl (C=O) groups is 2. The summed E-state index contributed by atoms with van der Waals surface area (Å²) >= 11 is 0. The first-order valence-corrected chi connectivity index (χ1v) is 19.3. The van der Waals surface area contributed by atoms with Gasteiger partial charge in [-0.15, -0.1) is 0 Å². The van der Waals surface area contributed by atoms with Gasteiger partial charge in [-0.25, -0.2) is 9.67 Å². The van der Waals surface area contributed by atoms with Crippen LogP contribution in [0.25, 0.3) is 22.2 Å². The molecule has 0 radical (unpaired) electrons. The van der Waals surface area contributed by atoms with E-state index in [2.05, 4.69) is 82.0 Å². The summed E-state index contributed by atoms with van der Waals surface area (Å²) in [6, 6.07) is 14.9. The Morgan fingerprint density at radius 2 is 1.62 bits per heavy atom. The second kappa shape index (κ2) is 18.5. The molecule has 2 amide bonds. The molecular weight excluding hydrogens is 669 g/mol. The van der Waals surface area contributed by atoms with Gasteiger partial charge in [-0.2, -0.15) is 5.10 Å². The minimum atomic E-state index is -0.178. The number of ether oxygens (including phenoxy) is 2. The first kappa shape index (κ1) is 38.2. The Kier molecular flexibility index (Phi) is 13.3. The van der Waals surface area contributed by atoms with Crippen molar-refractivity contribution in [3.63, 3.8) is 0 Å². The van der Waals surface area contributed by atoms with Crippen LogP contribution < -0.4 is 20.7 Å². The molecule has 0 spiro atoms. The molecule has 2 aliphatic heterocycles. The molecule has 0 unspecified atom stereocenters. The summed E-state index contributed by atoms with van der Waals surface area (Å²) in [6.07, 6.45) is 4.59. The van der Waals surface area contributed by atoms with Gasteiger partial charge in [-0.1, -0.05) is 38.1 Å². The summed E-state index contributed by atoms with van der Waals surface area (Å²) in [5, 5.41) is 15.4. The van der Waals surface area contributed by atoms with Crippen molar-refractivity contribution in [3.8, 4) is 16.9 Å². The maximum atomic E-state index is 13.1. The number of nitrogens with one attached hydrogen (secondary N) is 3. The Labute approximate surface area is 313 Å². The van der Waals surface area contributed by atoms with Gasteiger partial charge < -0.3 is 30.3 Å². The van der Waals surface area contributed by atoms with Crippen LogP contribution in [0.4, 0.5) is 5.69 Å². The van der Waals surface area contributed by atoms with Crippen molar-refractivity contribution in [2.75, 3.05) is 58.4 Å². The zero-order chi connectivity index (χ0) is 37.2. The van der Waals surface area contributed by atoms with Gasteiger partial charge in [-0.05, 0) is 67.6 Å². The molecule has 0 saturated carbocycles. The number of anilines is 1. The van der Waals surface area contributed by atoms with E-state index in [9.17, 15) is 9.59 Å². The molecule has 2 fully saturated rings. The molecule has 4 heterocycles. The summed E-state index contributed by atoms with van der Waals surface area (Å²) in [7, 11) is 1.68. The van der Waals surface area contributed by atoms with Gasteiger partial charge in [0.1, 0.15) is 5.75 Å². The molecule has 2 aliphatic rings. The number of aryl methyl sites for hydroxylation is 2. The number of likely N-dealkylation sites (N-methyl/N-ethyl adjacent to an activating group) is 1. The molecule has 53 heavy (non-hydrogen) atoms. The summed E-state index contributed by atoms with van der Waals surface area (Å²) < 4.78 is 13.2. The average molecular weight is 725 g/mol. The largest absolute Gasteiger partial charge is 0.496 e. The number of methoxy groups -OCH3 is 1. The van der Waals surface area contributed by atoms with Crippen LogP contribution in [0.1, 0.15) is 68.8 Å². The summed E-state index contributed by atoms with van der Waals surface area (Å²) in [5.41, 5.74) is 8.03. The minimum Gasteiger partial charge on any atom is -0.496 e. The third kappa shape index (κ3) is 9.73. The van der Waals surface area contributed by atoms with Crippen LogP contribution in [0.5, 0.6) is 5.75 Å². The minimum absolute atomic E-state index is 0.0909. The number of amides is 2. The van der Waals surface area contributed by atoms with Gasteiger partial charge in [-0.3, -0.25) is 14.5 Å². The van der Waals surface area contributed by atoms with Crippen molar-refractivity contribution in [1.29, 1.82) is 0 Å². The molecule has 2 aromatic carbocycles. The second-order valence-electron chi connectivity index (χ2n) is 14.0. The van der Waals surface area contributed by atoms with E-state index in [1.165, 1.54) is 5.56 Å². The lowest BCUT2D eigenvalue weighted by molar-refractivity contribution is -0.126. The highest BCUT2D eigenvalue weighted by atomic mass is 16.5. The van der Waals surface area contributed by atoms with Gasteiger partial charge in [0, 0.05) is 101 Å². The van der Waals surface area contributed by atoms with Gasteiger partial charge >= 0.3 is 0 Å². The lowest BCUT2D eigenvalue weighted by atomic mass is 9.99. The number of carbonyl (C=O) groups excluding carboxylic acids is 2. The molecule has 12 heteroatoms. The van der Waals surface area contributed by atoms with Gasteiger partial charge in [0.2, 0.25) is 11.8 Å². The summed E-state index contributed by atoms with van der Waals surface area (Å²) in [5.74, 6) is 0.438. The Morgan fingerprint density at radius 3 is 2.32 bits per heavy atom. The number of hydrogen-bond donors (Lipinski definition) is 3. The Morgan fingerprint density at radius 1 is 0.887 bits per heavy atom. The lowest BCUT2D eigenvalue weighted by Gasteiger charge is -2.34. The fraction of sp³-hybridized carbons (Fsp3) is 0.512. The van der Waals surface area contributed by atoms with Gasteiger partial charge in [0.05, 0.1) is 24.4 Å². The SMILES string of the molecule is CCc1nc2c(cnn2CC)c(NC2CCOCC2)c1CNC(=O)CCC(=O)NCc1ccc(OC)c(-c2cccc(CN3CCN(CC)CC3)c2)c1. The number of aromatic nitrogens is 3. The van der Waals surface area contributed by atoms with E-state index in [1.54, 1.807) is 7.11 Å². The molecule has 0 bridgehead atoms. The van der Waals surface area contributed by atoms with Crippen molar-refractivity contribution in [3.05, 3.63) is 71.0 Å². The van der Waals surface area contributed by atoms with Crippen molar-refractivity contribution in [1.82, 2.24) is 35.2 Å². The zero-order valence-corrected chi connectivity index (χ0v) is 31.9. The molecule has 6 rings (SSSR count). The first-order valence-electron chi connectivity index (χ1n) is 19.3. The van der Waals surface area contributed by atoms with Crippen LogP contribution in [-0.2, 0) is 46.9 Å². The molecule has 4 aromatic rings. The molecule has 0 atom stereocenters.